The van der Waals surface area contributed by atoms with Crippen molar-refractivity contribution in [3.05, 3.63) is 42.5 Å². The van der Waals surface area contributed by atoms with Crippen molar-refractivity contribution in [3.8, 4) is 0 Å². The number of aliphatic hydroxyl groups is 1. The highest BCUT2D eigenvalue weighted by atomic mass is 16.6. The van der Waals surface area contributed by atoms with Crippen molar-refractivity contribution in [1.29, 1.82) is 0 Å². The minimum Gasteiger partial charge on any atom is -0.435 e. The van der Waals surface area contributed by atoms with Gasteiger partial charge in [-0.3, -0.25) is 0 Å². The molecule has 0 fully saturated rings. The normalized spacial score (nSPS) is 9.31. The second-order valence-corrected chi connectivity index (χ2v) is 2.41. The molecule has 3 nitrogen and oxygen atoms in total. The maximum absolute atomic E-state index is 11.1. The van der Waals surface area contributed by atoms with Crippen molar-refractivity contribution >= 4 is 11.5 Å². The number of aliphatic hydroxyl groups excluding tert-OH is 1. The van der Waals surface area contributed by atoms with Crippen LogP contribution >= 0.6 is 0 Å². The van der Waals surface area contributed by atoms with E-state index in [4.69, 9.17) is 5.11 Å². The molecule has 0 aliphatic heterocycles. The predicted molar refractivity (Wildman–Crippen MR) is 48.7 cm³/mol. The first-order valence-electron chi connectivity index (χ1n) is 3.78. The molecule has 0 aliphatic carbocycles. The molecule has 0 radical (unpaired) electrons. The van der Waals surface area contributed by atoms with Gasteiger partial charge in [-0.15, -0.1) is 0 Å². The monoisotopic (exact) mass is 178 g/mol. The van der Waals surface area contributed by atoms with Gasteiger partial charge in [0.15, 0.2) is 6.79 Å². The van der Waals surface area contributed by atoms with E-state index in [0.717, 1.165) is 0 Å². The summed E-state index contributed by atoms with van der Waals surface area (Å²) in [4.78, 5) is 11.1. The summed E-state index contributed by atoms with van der Waals surface area (Å²) in [6.45, 7) is 2.94. The van der Waals surface area contributed by atoms with Crippen molar-refractivity contribution in [2.75, 3.05) is 6.79 Å². The van der Waals surface area contributed by atoms with Gasteiger partial charge >= 0.3 is 5.97 Å². The molecule has 0 aromatic heterocycles. The van der Waals surface area contributed by atoms with Gasteiger partial charge in [0.1, 0.15) is 0 Å². The Balaban J connectivity index is 2.74. The van der Waals surface area contributed by atoms with Crippen LogP contribution in [-0.4, -0.2) is 17.9 Å². The molecular formula is C10H10O3. The first-order valence-corrected chi connectivity index (χ1v) is 3.78. The highest BCUT2D eigenvalue weighted by Crippen LogP contribution is 2.12. The van der Waals surface area contributed by atoms with Gasteiger partial charge in [-0.25, -0.2) is 4.79 Å². The van der Waals surface area contributed by atoms with Crippen LogP contribution in [0.4, 0.5) is 0 Å². The number of esters is 1. The fourth-order valence-electron chi connectivity index (χ4n) is 0.903. The third-order valence-electron chi connectivity index (χ3n) is 1.56. The lowest BCUT2D eigenvalue weighted by atomic mass is 10.1. The van der Waals surface area contributed by atoms with Crippen LogP contribution in [0.15, 0.2) is 36.9 Å². The number of ether oxygens (including phenoxy) is 1. The van der Waals surface area contributed by atoms with Crippen LogP contribution in [0.2, 0.25) is 0 Å². The predicted octanol–water partition coefficient (Wildman–Crippen LogP) is 1.19. The summed E-state index contributed by atoms with van der Waals surface area (Å²) < 4.78 is 4.38. The Kier molecular flexibility index (Phi) is 3.23. The van der Waals surface area contributed by atoms with Crippen molar-refractivity contribution in [2.45, 2.75) is 0 Å². The molecule has 1 rings (SSSR count). The van der Waals surface area contributed by atoms with E-state index >= 15 is 0 Å². The van der Waals surface area contributed by atoms with Crippen LogP contribution in [0.25, 0.3) is 5.57 Å². The fourth-order valence-corrected chi connectivity index (χ4v) is 0.903. The zero-order valence-corrected chi connectivity index (χ0v) is 7.06. The molecule has 0 unspecified atom stereocenters. The molecule has 0 heterocycles. The Morgan fingerprint density at radius 1 is 1.38 bits per heavy atom. The fraction of sp³-hybridized carbons (Fsp3) is 0.100. The van der Waals surface area contributed by atoms with E-state index in [1.807, 2.05) is 6.07 Å². The summed E-state index contributed by atoms with van der Waals surface area (Å²) in [6.07, 6.45) is 0. The molecule has 1 N–H and O–H groups in total. The van der Waals surface area contributed by atoms with Crippen LogP contribution in [0.3, 0.4) is 0 Å². The smallest absolute Gasteiger partial charge is 0.340 e. The topological polar surface area (TPSA) is 46.5 Å². The van der Waals surface area contributed by atoms with Gasteiger partial charge in [0, 0.05) is 0 Å². The largest absolute Gasteiger partial charge is 0.435 e. The third kappa shape index (κ3) is 2.42. The van der Waals surface area contributed by atoms with E-state index in [2.05, 4.69) is 11.3 Å². The molecule has 13 heavy (non-hydrogen) atoms. The maximum atomic E-state index is 11.1. The lowest BCUT2D eigenvalue weighted by Crippen LogP contribution is -2.06. The zero-order chi connectivity index (χ0) is 9.68. The molecule has 68 valence electrons. The number of rotatable bonds is 3. The van der Waals surface area contributed by atoms with Crippen molar-refractivity contribution in [1.82, 2.24) is 0 Å². The maximum Gasteiger partial charge on any atom is 0.340 e. The van der Waals surface area contributed by atoms with E-state index in [0.29, 0.717) is 5.56 Å². The van der Waals surface area contributed by atoms with Gasteiger partial charge in [0.2, 0.25) is 0 Å². The first-order chi connectivity index (χ1) is 6.25. The van der Waals surface area contributed by atoms with Gasteiger partial charge in [-0.2, -0.15) is 0 Å². The number of hydrogen-bond acceptors (Lipinski definition) is 3. The molecule has 1 aromatic rings. The first kappa shape index (κ1) is 9.48. The van der Waals surface area contributed by atoms with Crippen LogP contribution in [-0.2, 0) is 9.53 Å². The van der Waals surface area contributed by atoms with Crippen LogP contribution < -0.4 is 0 Å². The lowest BCUT2D eigenvalue weighted by Gasteiger charge is -2.03. The van der Waals surface area contributed by atoms with Gasteiger partial charge in [0.25, 0.3) is 0 Å². The zero-order valence-electron chi connectivity index (χ0n) is 7.06. The molecule has 0 amide bonds. The molecule has 0 atom stereocenters. The van der Waals surface area contributed by atoms with E-state index in [1.165, 1.54) is 0 Å². The minimum absolute atomic E-state index is 0.245. The van der Waals surface area contributed by atoms with E-state index in [9.17, 15) is 4.79 Å². The molecule has 0 saturated carbocycles. The molecule has 1 aromatic carbocycles. The van der Waals surface area contributed by atoms with E-state index in [1.54, 1.807) is 24.3 Å². The molecular weight excluding hydrogens is 168 g/mol. The van der Waals surface area contributed by atoms with Crippen LogP contribution in [0, 0.1) is 0 Å². The summed E-state index contributed by atoms with van der Waals surface area (Å²) in [7, 11) is 0. The van der Waals surface area contributed by atoms with Crippen molar-refractivity contribution < 1.29 is 14.6 Å². The number of hydrogen-bond donors (Lipinski definition) is 1. The molecule has 0 spiro atoms. The highest BCUT2D eigenvalue weighted by Gasteiger charge is 2.08. The second kappa shape index (κ2) is 4.42. The lowest BCUT2D eigenvalue weighted by molar-refractivity contribution is -0.144. The minimum atomic E-state index is -0.620. The summed E-state index contributed by atoms with van der Waals surface area (Å²) in [5.74, 6) is -0.603. The Labute approximate surface area is 76.3 Å². The SMILES string of the molecule is C=C(C(=O)OCO)c1ccccc1. The summed E-state index contributed by atoms with van der Waals surface area (Å²) in [5, 5.41) is 8.35. The molecule has 0 bridgehead atoms. The van der Waals surface area contributed by atoms with Gasteiger partial charge in [-0.05, 0) is 5.56 Å². The quantitative estimate of drug-likeness (QED) is 0.429. The highest BCUT2D eigenvalue weighted by molar-refractivity contribution is 6.15. The summed E-state index contributed by atoms with van der Waals surface area (Å²) in [6, 6.07) is 8.94. The van der Waals surface area contributed by atoms with Crippen LogP contribution in [0.1, 0.15) is 5.56 Å². The average Bonchev–Trinajstić information content (AvgIpc) is 2.18. The van der Waals surface area contributed by atoms with Gasteiger partial charge in [0.05, 0.1) is 5.57 Å². The van der Waals surface area contributed by atoms with Crippen molar-refractivity contribution in [2.24, 2.45) is 0 Å². The van der Waals surface area contributed by atoms with Gasteiger partial charge in [-0.1, -0.05) is 36.9 Å². The van der Waals surface area contributed by atoms with Crippen molar-refractivity contribution in [3.63, 3.8) is 0 Å². The average molecular weight is 178 g/mol. The van der Waals surface area contributed by atoms with Crippen LogP contribution in [0.5, 0.6) is 0 Å². The van der Waals surface area contributed by atoms with E-state index < -0.39 is 12.8 Å². The summed E-state index contributed by atoms with van der Waals surface area (Å²) in [5.41, 5.74) is 0.940. The Morgan fingerprint density at radius 2 is 2.00 bits per heavy atom. The second-order valence-electron chi connectivity index (χ2n) is 2.41. The molecule has 3 heteroatoms. The molecule has 0 aliphatic rings. The molecule has 0 saturated heterocycles. The van der Waals surface area contributed by atoms with E-state index in [-0.39, 0.29) is 5.57 Å². The number of carbonyl (C=O) groups is 1. The Morgan fingerprint density at radius 3 is 2.54 bits per heavy atom. The summed E-state index contributed by atoms with van der Waals surface area (Å²) >= 11 is 0. The third-order valence-corrected chi connectivity index (χ3v) is 1.56. The number of benzene rings is 1. The standard InChI is InChI=1S/C10H10O3/c1-8(10(12)13-7-11)9-5-3-2-4-6-9/h2-6,11H,1,7H2. The Bertz CT molecular complexity index is 303. The number of carbonyl (C=O) groups excluding carboxylic acids is 1. The Hall–Kier alpha value is -1.61. The van der Waals surface area contributed by atoms with Gasteiger partial charge < -0.3 is 9.84 Å².